The number of hydrogen-bond donors (Lipinski definition) is 1. The maximum atomic E-state index is 12.7. The number of hydrogen-bond acceptors (Lipinski definition) is 6. The van der Waals surface area contributed by atoms with Crippen molar-refractivity contribution in [1.82, 2.24) is 19.5 Å². The maximum absolute atomic E-state index is 12.7. The molecule has 2 amide bonds. The smallest absolute Gasteiger partial charge is 0.321 e. The Morgan fingerprint density at radius 1 is 1.06 bits per heavy atom. The third-order valence-electron chi connectivity index (χ3n) is 5.81. The number of benzene rings is 2. The van der Waals surface area contributed by atoms with Gasteiger partial charge in [0.1, 0.15) is 10.8 Å². The number of carbonyl (C=O) groups is 1. The van der Waals surface area contributed by atoms with Crippen LogP contribution in [0.4, 0.5) is 16.3 Å². The van der Waals surface area contributed by atoms with Crippen molar-refractivity contribution in [3.8, 4) is 10.6 Å². The molecule has 0 bridgehead atoms. The fourth-order valence-corrected chi connectivity index (χ4v) is 4.95. The fraction of sp³-hybridized carbons (Fsp3) is 0.250. The molecule has 0 radical (unpaired) electrons. The zero-order valence-corrected chi connectivity index (χ0v) is 20.4. The van der Waals surface area contributed by atoms with E-state index < -0.39 is 0 Å². The van der Waals surface area contributed by atoms with E-state index in [1.165, 1.54) is 21.9 Å². The summed E-state index contributed by atoms with van der Waals surface area (Å²) in [5.74, 6) is 0.606. The molecule has 1 N–H and O–H groups in total. The van der Waals surface area contributed by atoms with Crippen LogP contribution in [-0.2, 0) is 0 Å². The molecule has 3 heterocycles. The minimum absolute atomic E-state index is 0.173. The van der Waals surface area contributed by atoms with Gasteiger partial charge in [0.05, 0.1) is 0 Å². The van der Waals surface area contributed by atoms with E-state index >= 15 is 0 Å². The Morgan fingerprint density at radius 2 is 1.85 bits per heavy atom. The molecule has 2 aromatic carbocycles. The van der Waals surface area contributed by atoms with Crippen molar-refractivity contribution < 1.29 is 4.79 Å². The predicted molar refractivity (Wildman–Crippen MR) is 136 cm³/mol. The lowest BCUT2D eigenvalue weighted by Gasteiger charge is -2.35. The highest BCUT2D eigenvalue weighted by Crippen LogP contribution is 2.26. The highest BCUT2D eigenvalue weighted by molar-refractivity contribution is 7.19. The quantitative estimate of drug-likeness (QED) is 0.455. The summed E-state index contributed by atoms with van der Waals surface area (Å²) in [7, 11) is 0. The van der Waals surface area contributed by atoms with Crippen molar-refractivity contribution in [2.75, 3.05) is 36.4 Å². The second-order valence-corrected chi connectivity index (χ2v) is 9.66. The van der Waals surface area contributed by atoms with Crippen LogP contribution in [0.25, 0.3) is 15.5 Å². The summed E-state index contributed by atoms with van der Waals surface area (Å²) >= 11 is 7.55. The lowest BCUT2D eigenvalue weighted by molar-refractivity contribution is 0.208. The third-order valence-corrected chi connectivity index (χ3v) is 7.18. The van der Waals surface area contributed by atoms with E-state index in [1.54, 1.807) is 11.0 Å². The van der Waals surface area contributed by atoms with Crippen LogP contribution in [0.1, 0.15) is 11.1 Å². The fourth-order valence-electron chi connectivity index (χ4n) is 3.87. The van der Waals surface area contributed by atoms with Gasteiger partial charge < -0.3 is 15.1 Å². The average Bonchev–Trinajstić information content (AvgIpc) is 3.27. The molecule has 2 aromatic heterocycles. The molecule has 0 spiro atoms. The number of nitrogens with zero attached hydrogens (tertiary/aromatic N) is 5. The topological polar surface area (TPSA) is 82.8 Å². The predicted octanol–water partition coefficient (Wildman–Crippen LogP) is 4.44. The van der Waals surface area contributed by atoms with E-state index in [4.69, 9.17) is 16.6 Å². The van der Waals surface area contributed by atoms with Crippen LogP contribution in [0, 0.1) is 13.8 Å². The van der Waals surface area contributed by atoms with Gasteiger partial charge >= 0.3 is 6.03 Å². The number of halogens is 1. The van der Waals surface area contributed by atoms with Gasteiger partial charge in [-0.3, -0.25) is 4.79 Å². The lowest BCUT2D eigenvalue weighted by atomic mass is 10.1. The maximum Gasteiger partial charge on any atom is 0.321 e. The molecule has 4 aromatic rings. The van der Waals surface area contributed by atoms with Crippen LogP contribution in [-0.4, -0.2) is 51.7 Å². The van der Waals surface area contributed by atoms with Crippen molar-refractivity contribution in [2.24, 2.45) is 0 Å². The van der Waals surface area contributed by atoms with Crippen LogP contribution in [0.5, 0.6) is 0 Å². The standard InChI is InChI=1S/C24H23ClN6O2S/c1-15-4-3-5-17(12-15)22-28-31-21(32)14-20(27-24(31)34-22)29-8-10-30(11-9-29)23(33)26-18-7-6-16(2)19(25)13-18/h3-7,12-14H,8-11H2,1-2H3,(H,26,33). The minimum atomic E-state index is -0.216. The molecule has 1 aliphatic rings. The summed E-state index contributed by atoms with van der Waals surface area (Å²) in [5, 5.41) is 8.73. The molecule has 0 unspecified atom stereocenters. The summed E-state index contributed by atoms with van der Waals surface area (Å²) in [4.78, 5) is 34.4. The van der Waals surface area contributed by atoms with Crippen molar-refractivity contribution >= 4 is 45.4 Å². The van der Waals surface area contributed by atoms with Gasteiger partial charge in [-0.1, -0.05) is 52.8 Å². The Kier molecular flexibility index (Phi) is 5.97. The number of aromatic nitrogens is 3. The molecule has 34 heavy (non-hydrogen) atoms. The molecule has 5 rings (SSSR count). The molecule has 10 heteroatoms. The highest BCUT2D eigenvalue weighted by Gasteiger charge is 2.23. The molecule has 1 aliphatic heterocycles. The van der Waals surface area contributed by atoms with Gasteiger partial charge in [-0.05, 0) is 37.6 Å². The van der Waals surface area contributed by atoms with Crippen LogP contribution in [0.3, 0.4) is 0 Å². The normalized spacial score (nSPS) is 14.0. The number of fused-ring (bicyclic) bond motifs is 1. The zero-order chi connectivity index (χ0) is 23.8. The monoisotopic (exact) mass is 494 g/mol. The van der Waals surface area contributed by atoms with Crippen molar-refractivity contribution in [2.45, 2.75) is 13.8 Å². The molecule has 1 fully saturated rings. The average molecular weight is 495 g/mol. The van der Waals surface area contributed by atoms with Gasteiger partial charge in [-0.15, -0.1) is 0 Å². The van der Waals surface area contributed by atoms with Gasteiger partial charge in [0.15, 0.2) is 0 Å². The summed E-state index contributed by atoms with van der Waals surface area (Å²) in [6.45, 7) is 6.13. The largest absolute Gasteiger partial charge is 0.353 e. The Hall–Kier alpha value is -3.43. The molecule has 0 atom stereocenters. The van der Waals surface area contributed by atoms with E-state index in [2.05, 4.69) is 10.4 Å². The zero-order valence-electron chi connectivity index (χ0n) is 18.8. The first-order valence-corrected chi connectivity index (χ1v) is 12.1. The third kappa shape index (κ3) is 4.49. The Balaban J connectivity index is 1.29. The number of piperazine rings is 1. The van der Waals surface area contributed by atoms with Crippen molar-refractivity contribution in [3.05, 3.63) is 75.0 Å². The number of nitrogens with one attached hydrogen (secondary N) is 1. The first-order chi connectivity index (χ1) is 16.4. The van der Waals surface area contributed by atoms with Crippen LogP contribution in [0.15, 0.2) is 53.3 Å². The summed E-state index contributed by atoms with van der Waals surface area (Å²) in [6.07, 6.45) is 0. The first kappa shape index (κ1) is 22.4. The van der Waals surface area contributed by atoms with Crippen LogP contribution in [0.2, 0.25) is 5.02 Å². The second kappa shape index (κ2) is 9.08. The summed E-state index contributed by atoms with van der Waals surface area (Å²) in [6, 6.07) is 14.8. The SMILES string of the molecule is Cc1cccc(-c2nn3c(=O)cc(N4CCN(C(=O)Nc5ccc(C)c(Cl)c5)CC4)nc3s2)c1. The minimum Gasteiger partial charge on any atom is -0.353 e. The van der Waals surface area contributed by atoms with Gasteiger partial charge in [0, 0.05) is 48.5 Å². The number of amides is 2. The number of rotatable bonds is 3. The first-order valence-electron chi connectivity index (χ1n) is 10.9. The molecular formula is C24H23ClN6O2S. The number of urea groups is 1. The van der Waals surface area contributed by atoms with Crippen LogP contribution < -0.4 is 15.8 Å². The highest BCUT2D eigenvalue weighted by atomic mass is 35.5. The summed E-state index contributed by atoms with van der Waals surface area (Å²) < 4.78 is 1.35. The molecule has 174 valence electrons. The van der Waals surface area contributed by atoms with Gasteiger partial charge in [-0.2, -0.15) is 9.61 Å². The second-order valence-electron chi connectivity index (χ2n) is 8.29. The van der Waals surface area contributed by atoms with E-state index in [0.717, 1.165) is 21.7 Å². The number of aryl methyl sites for hydroxylation is 2. The van der Waals surface area contributed by atoms with Gasteiger partial charge in [-0.25, -0.2) is 9.78 Å². The van der Waals surface area contributed by atoms with Crippen molar-refractivity contribution in [3.63, 3.8) is 0 Å². The van der Waals surface area contributed by atoms with Gasteiger partial charge in [0.2, 0.25) is 4.96 Å². The Morgan fingerprint density at radius 3 is 2.59 bits per heavy atom. The molecular weight excluding hydrogens is 472 g/mol. The molecule has 1 saturated heterocycles. The number of anilines is 2. The summed E-state index contributed by atoms with van der Waals surface area (Å²) in [5.41, 5.74) is 3.50. The molecule has 0 aliphatic carbocycles. The Bertz CT molecular complexity index is 1440. The molecule has 8 nitrogen and oxygen atoms in total. The van der Waals surface area contributed by atoms with E-state index in [9.17, 15) is 9.59 Å². The van der Waals surface area contributed by atoms with E-state index in [0.29, 0.717) is 47.7 Å². The molecule has 0 saturated carbocycles. The van der Waals surface area contributed by atoms with E-state index in [-0.39, 0.29) is 11.6 Å². The van der Waals surface area contributed by atoms with Crippen molar-refractivity contribution in [1.29, 1.82) is 0 Å². The van der Waals surface area contributed by atoms with E-state index in [1.807, 2.05) is 55.1 Å². The van der Waals surface area contributed by atoms with Crippen LogP contribution >= 0.6 is 22.9 Å². The van der Waals surface area contributed by atoms with Gasteiger partial charge in [0.25, 0.3) is 5.56 Å². The number of carbonyl (C=O) groups excluding carboxylic acids is 1. The lowest BCUT2D eigenvalue weighted by Crippen LogP contribution is -2.50. The Labute approximate surface area is 205 Å².